The molecule has 1 saturated carbocycles. The van der Waals surface area contributed by atoms with Crippen molar-refractivity contribution in [2.75, 3.05) is 13.1 Å². The van der Waals surface area contributed by atoms with Crippen LogP contribution in [-0.2, 0) is 0 Å². The number of rotatable bonds is 1. The van der Waals surface area contributed by atoms with Gasteiger partial charge in [0.2, 0.25) is 0 Å². The first-order chi connectivity index (χ1) is 6.34. The Morgan fingerprint density at radius 1 is 1.15 bits per heavy atom. The minimum atomic E-state index is 0.902. The summed E-state index contributed by atoms with van der Waals surface area (Å²) in [5.41, 5.74) is 3.08. The molecule has 1 heteroatoms. The summed E-state index contributed by atoms with van der Waals surface area (Å²) in [5.74, 6) is 1.81. The van der Waals surface area contributed by atoms with Crippen LogP contribution in [0.4, 0.5) is 0 Å². The Hall–Kier alpha value is -0.720. The monoisotopic (exact) mass is 175 g/mol. The van der Waals surface area contributed by atoms with E-state index in [4.69, 9.17) is 0 Å². The lowest BCUT2D eigenvalue weighted by Crippen LogP contribution is -2.20. The van der Waals surface area contributed by atoms with Crippen molar-refractivity contribution >= 4 is 0 Å². The van der Waals surface area contributed by atoms with Crippen molar-refractivity contribution in [3.8, 4) is 0 Å². The number of hydrogen-bond acceptors (Lipinski definition) is 1. The highest BCUT2D eigenvalue weighted by Gasteiger charge is 2.37. The van der Waals surface area contributed by atoms with Gasteiger partial charge in [-0.15, -0.1) is 0 Å². The summed E-state index contributed by atoms with van der Waals surface area (Å²) in [6, 6.07) is 0. The molecule has 0 N–H and O–H groups in total. The van der Waals surface area contributed by atoms with Gasteiger partial charge < -0.3 is 4.90 Å². The van der Waals surface area contributed by atoms with Crippen LogP contribution >= 0.6 is 0 Å². The molecule has 0 spiro atoms. The Labute approximate surface area is 80.1 Å². The van der Waals surface area contributed by atoms with E-state index in [9.17, 15) is 0 Å². The van der Waals surface area contributed by atoms with Crippen molar-refractivity contribution in [2.24, 2.45) is 11.8 Å². The van der Waals surface area contributed by atoms with Gasteiger partial charge in [-0.05, 0) is 43.6 Å². The summed E-state index contributed by atoms with van der Waals surface area (Å²) < 4.78 is 0. The molecule has 1 saturated heterocycles. The van der Waals surface area contributed by atoms with E-state index in [1.165, 1.54) is 37.9 Å². The molecule has 3 rings (SSSR count). The van der Waals surface area contributed by atoms with E-state index in [1.807, 2.05) is 0 Å². The van der Waals surface area contributed by atoms with Crippen LogP contribution < -0.4 is 0 Å². The van der Waals surface area contributed by atoms with Crippen LogP contribution in [-0.4, -0.2) is 18.0 Å². The van der Waals surface area contributed by atoms with Gasteiger partial charge in [-0.3, -0.25) is 0 Å². The standard InChI is InChI=1S/C12H17N/c1-9-6-10-7-11(10)8-12(9)13-4-2-3-5-13/h6,8,10-11H,2-5,7H2,1H3. The highest BCUT2D eigenvalue weighted by Crippen LogP contribution is 2.47. The molecule has 2 fully saturated rings. The van der Waals surface area contributed by atoms with E-state index in [1.54, 1.807) is 5.70 Å². The summed E-state index contributed by atoms with van der Waals surface area (Å²) >= 11 is 0. The predicted molar refractivity (Wildman–Crippen MR) is 54.2 cm³/mol. The van der Waals surface area contributed by atoms with Gasteiger partial charge in [0.05, 0.1) is 0 Å². The molecule has 1 heterocycles. The van der Waals surface area contributed by atoms with Gasteiger partial charge in [0.25, 0.3) is 0 Å². The zero-order valence-electron chi connectivity index (χ0n) is 8.29. The fourth-order valence-electron chi connectivity index (χ4n) is 2.67. The summed E-state index contributed by atoms with van der Waals surface area (Å²) in [6.45, 7) is 4.85. The van der Waals surface area contributed by atoms with Crippen molar-refractivity contribution < 1.29 is 0 Å². The number of likely N-dealkylation sites (tertiary alicyclic amines) is 1. The molecule has 2 aliphatic carbocycles. The van der Waals surface area contributed by atoms with E-state index in [0.717, 1.165) is 11.8 Å². The summed E-state index contributed by atoms with van der Waals surface area (Å²) in [5, 5.41) is 0. The van der Waals surface area contributed by atoms with Crippen LogP contribution in [0.1, 0.15) is 26.2 Å². The molecule has 13 heavy (non-hydrogen) atoms. The number of allylic oxidation sites excluding steroid dienone is 3. The molecular weight excluding hydrogens is 158 g/mol. The molecule has 70 valence electrons. The Kier molecular flexibility index (Phi) is 1.55. The Bertz CT molecular complexity index is 281. The normalized spacial score (nSPS) is 36.8. The van der Waals surface area contributed by atoms with Gasteiger partial charge in [-0.1, -0.05) is 12.2 Å². The summed E-state index contributed by atoms with van der Waals surface area (Å²) in [7, 11) is 0. The predicted octanol–water partition coefficient (Wildman–Crippen LogP) is 2.56. The lowest BCUT2D eigenvalue weighted by Gasteiger charge is -2.24. The quantitative estimate of drug-likeness (QED) is 0.592. The zero-order valence-corrected chi connectivity index (χ0v) is 8.29. The smallest absolute Gasteiger partial charge is 0.0355 e. The molecule has 0 amide bonds. The van der Waals surface area contributed by atoms with Crippen molar-refractivity contribution in [3.05, 3.63) is 23.4 Å². The second kappa shape index (κ2) is 2.63. The van der Waals surface area contributed by atoms with Crippen LogP contribution in [0.15, 0.2) is 23.4 Å². The maximum absolute atomic E-state index is 2.57. The zero-order chi connectivity index (χ0) is 8.84. The first kappa shape index (κ1) is 7.66. The molecule has 2 unspecified atom stereocenters. The van der Waals surface area contributed by atoms with Crippen LogP contribution in [0.2, 0.25) is 0 Å². The maximum atomic E-state index is 2.57. The Morgan fingerprint density at radius 3 is 2.62 bits per heavy atom. The first-order valence-corrected chi connectivity index (χ1v) is 5.50. The van der Waals surface area contributed by atoms with Gasteiger partial charge >= 0.3 is 0 Å². The van der Waals surface area contributed by atoms with E-state index in [-0.39, 0.29) is 0 Å². The van der Waals surface area contributed by atoms with E-state index in [0.29, 0.717) is 0 Å². The van der Waals surface area contributed by atoms with Gasteiger partial charge in [0.15, 0.2) is 0 Å². The van der Waals surface area contributed by atoms with Crippen LogP contribution in [0.25, 0.3) is 0 Å². The third-order valence-electron chi connectivity index (χ3n) is 3.58. The molecule has 0 aromatic heterocycles. The average Bonchev–Trinajstić information content (AvgIpc) is 2.64. The first-order valence-electron chi connectivity index (χ1n) is 5.50. The van der Waals surface area contributed by atoms with Gasteiger partial charge in [0, 0.05) is 18.8 Å². The van der Waals surface area contributed by atoms with Crippen molar-refractivity contribution in [2.45, 2.75) is 26.2 Å². The molecule has 0 bridgehead atoms. The molecule has 0 aromatic carbocycles. The lowest BCUT2D eigenvalue weighted by atomic mass is 10.0. The SMILES string of the molecule is CC1=CC2CC2C=C1N1CCCC1. The van der Waals surface area contributed by atoms with Crippen LogP contribution in [0, 0.1) is 11.8 Å². The molecule has 2 atom stereocenters. The minimum absolute atomic E-state index is 0.902. The highest BCUT2D eigenvalue weighted by atomic mass is 15.2. The number of hydrogen-bond donors (Lipinski definition) is 0. The average molecular weight is 175 g/mol. The van der Waals surface area contributed by atoms with Crippen LogP contribution in [0.3, 0.4) is 0 Å². The molecule has 1 aliphatic heterocycles. The Balaban J connectivity index is 1.85. The second-order valence-corrected chi connectivity index (χ2v) is 4.66. The molecule has 0 radical (unpaired) electrons. The highest BCUT2D eigenvalue weighted by molar-refractivity contribution is 5.37. The number of nitrogens with zero attached hydrogens (tertiary/aromatic N) is 1. The molecule has 0 aromatic rings. The van der Waals surface area contributed by atoms with Gasteiger partial charge in [0.1, 0.15) is 0 Å². The topological polar surface area (TPSA) is 3.24 Å². The molecular formula is C12H17N. The largest absolute Gasteiger partial charge is 0.372 e. The Morgan fingerprint density at radius 2 is 1.85 bits per heavy atom. The minimum Gasteiger partial charge on any atom is -0.372 e. The molecule has 3 aliphatic rings. The van der Waals surface area contributed by atoms with Crippen molar-refractivity contribution in [1.82, 2.24) is 4.90 Å². The molecule has 1 nitrogen and oxygen atoms in total. The van der Waals surface area contributed by atoms with Crippen molar-refractivity contribution in [3.63, 3.8) is 0 Å². The van der Waals surface area contributed by atoms with E-state index in [2.05, 4.69) is 24.0 Å². The van der Waals surface area contributed by atoms with Gasteiger partial charge in [-0.25, -0.2) is 0 Å². The maximum Gasteiger partial charge on any atom is 0.0355 e. The van der Waals surface area contributed by atoms with E-state index >= 15 is 0 Å². The second-order valence-electron chi connectivity index (χ2n) is 4.66. The fourth-order valence-corrected chi connectivity index (χ4v) is 2.67. The van der Waals surface area contributed by atoms with E-state index < -0.39 is 0 Å². The summed E-state index contributed by atoms with van der Waals surface area (Å²) in [4.78, 5) is 2.57. The fraction of sp³-hybridized carbons (Fsp3) is 0.667. The third kappa shape index (κ3) is 1.21. The van der Waals surface area contributed by atoms with Gasteiger partial charge in [-0.2, -0.15) is 0 Å². The van der Waals surface area contributed by atoms with Crippen LogP contribution in [0.5, 0.6) is 0 Å². The lowest BCUT2D eigenvalue weighted by molar-refractivity contribution is 0.429. The van der Waals surface area contributed by atoms with Crippen molar-refractivity contribution in [1.29, 1.82) is 0 Å². The number of fused-ring (bicyclic) bond motifs is 1. The summed E-state index contributed by atoms with van der Waals surface area (Å²) in [6.07, 6.45) is 9.19. The third-order valence-corrected chi connectivity index (χ3v) is 3.58.